The van der Waals surface area contributed by atoms with Gasteiger partial charge in [0.05, 0.1) is 13.7 Å². The minimum atomic E-state index is -0.0280. The fourth-order valence-corrected chi connectivity index (χ4v) is 1.23. The molecule has 1 aromatic carbocycles. The molecule has 0 heterocycles. The third-order valence-corrected chi connectivity index (χ3v) is 1.91. The van der Waals surface area contributed by atoms with Gasteiger partial charge in [0.25, 0.3) is 5.96 Å². The van der Waals surface area contributed by atoms with Crippen molar-refractivity contribution in [1.82, 2.24) is 0 Å². The lowest BCUT2D eigenvalue weighted by molar-refractivity contribution is -0.456. The van der Waals surface area contributed by atoms with Crippen molar-refractivity contribution in [2.24, 2.45) is 16.6 Å². The highest BCUT2D eigenvalue weighted by atomic mass is 16.5. The number of ether oxygens (including phenoxy) is 2. The van der Waals surface area contributed by atoms with Crippen LogP contribution in [0.5, 0.6) is 11.5 Å². The van der Waals surface area contributed by atoms with Gasteiger partial charge in [-0.3, -0.25) is 0 Å². The zero-order valence-corrected chi connectivity index (χ0v) is 9.93. The molecule has 0 amide bonds. The van der Waals surface area contributed by atoms with E-state index in [0.717, 1.165) is 5.56 Å². The van der Waals surface area contributed by atoms with Crippen LogP contribution < -0.4 is 26.0 Å². The van der Waals surface area contributed by atoms with Crippen LogP contribution in [0, 0.1) is 0 Å². The summed E-state index contributed by atoms with van der Waals surface area (Å²) in [5, 5.41) is 6.26. The molecule has 17 heavy (non-hydrogen) atoms. The van der Waals surface area contributed by atoms with Gasteiger partial charge in [-0.05, 0) is 25.1 Å². The number of nitrogens with two attached hydrogens (primary N) is 2. The molecule has 0 aromatic heterocycles. The van der Waals surface area contributed by atoms with Crippen molar-refractivity contribution in [3.8, 4) is 11.5 Å². The van der Waals surface area contributed by atoms with Gasteiger partial charge in [0.1, 0.15) is 0 Å². The van der Waals surface area contributed by atoms with E-state index in [1.54, 1.807) is 13.3 Å². The maximum Gasteiger partial charge on any atom is 0.256 e. The summed E-state index contributed by atoms with van der Waals surface area (Å²) in [4.78, 5) is 0. The molecule has 1 aromatic rings. The standard InChI is InChI=1S/C11H16N4O2/c1-3-17-10-6-8(4-5-9(10)16-2)7-14-15-11(12)13/h4-7H,3H2,1-2H3,(H4,12,13,15)/p+1/b14-7-. The van der Waals surface area contributed by atoms with E-state index < -0.39 is 0 Å². The molecule has 1 rings (SSSR count). The Morgan fingerprint density at radius 1 is 1.41 bits per heavy atom. The second-order valence-electron chi connectivity index (χ2n) is 3.15. The van der Waals surface area contributed by atoms with E-state index in [-0.39, 0.29) is 5.96 Å². The average molecular weight is 237 g/mol. The molecule has 0 saturated heterocycles. The fraction of sp³-hybridized carbons (Fsp3) is 0.273. The zero-order valence-electron chi connectivity index (χ0n) is 9.93. The first-order chi connectivity index (χ1) is 8.17. The van der Waals surface area contributed by atoms with Gasteiger partial charge in [0, 0.05) is 10.7 Å². The quantitative estimate of drug-likeness (QED) is 0.340. The number of rotatable bonds is 5. The summed E-state index contributed by atoms with van der Waals surface area (Å²) in [6.45, 7) is 2.48. The number of hydrazone groups is 1. The van der Waals surface area contributed by atoms with Gasteiger partial charge in [-0.2, -0.15) is 0 Å². The highest BCUT2D eigenvalue weighted by molar-refractivity contribution is 5.78. The topological polar surface area (TPSA) is 96.8 Å². The predicted octanol–water partition coefficient (Wildman–Crippen LogP) is -1.22. The summed E-state index contributed by atoms with van der Waals surface area (Å²) in [7, 11) is 1.60. The smallest absolute Gasteiger partial charge is 0.256 e. The maximum absolute atomic E-state index is 5.44. The minimum absolute atomic E-state index is 0.0280. The Labute approximate surface area is 99.9 Å². The Morgan fingerprint density at radius 2 is 2.18 bits per heavy atom. The van der Waals surface area contributed by atoms with Crippen molar-refractivity contribution in [3.63, 3.8) is 0 Å². The summed E-state index contributed by atoms with van der Waals surface area (Å²) in [5.41, 5.74) is 11.2. The molecule has 0 bridgehead atoms. The Hall–Kier alpha value is -2.24. The number of hydrogen-bond donors (Lipinski definition) is 3. The highest BCUT2D eigenvalue weighted by Crippen LogP contribution is 2.27. The lowest BCUT2D eigenvalue weighted by Gasteiger charge is -2.08. The van der Waals surface area contributed by atoms with Gasteiger partial charge in [0.15, 0.2) is 11.5 Å². The monoisotopic (exact) mass is 237 g/mol. The van der Waals surface area contributed by atoms with Crippen molar-refractivity contribution in [1.29, 1.82) is 0 Å². The second-order valence-corrected chi connectivity index (χ2v) is 3.15. The van der Waals surface area contributed by atoms with Gasteiger partial charge >= 0.3 is 0 Å². The predicted molar refractivity (Wildman–Crippen MR) is 66.1 cm³/mol. The van der Waals surface area contributed by atoms with Crippen LogP contribution in [-0.2, 0) is 0 Å². The molecule has 0 atom stereocenters. The van der Waals surface area contributed by atoms with Crippen LogP contribution in [0.1, 0.15) is 12.5 Å². The number of nitrogens with one attached hydrogen (secondary N) is 1. The number of nitrogens with zero attached hydrogens (tertiary/aromatic N) is 1. The van der Waals surface area contributed by atoms with E-state index in [9.17, 15) is 0 Å². The van der Waals surface area contributed by atoms with Gasteiger partial charge in [-0.15, -0.1) is 5.10 Å². The molecule has 0 radical (unpaired) electrons. The van der Waals surface area contributed by atoms with Crippen LogP contribution in [0.15, 0.2) is 23.3 Å². The summed E-state index contributed by atoms with van der Waals surface area (Å²) in [6, 6.07) is 5.50. The molecular weight excluding hydrogens is 220 g/mol. The Kier molecular flexibility index (Phi) is 4.80. The van der Waals surface area contributed by atoms with Gasteiger partial charge in [0.2, 0.25) is 6.21 Å². The van der Waals surface area contributed by atoms with E-state index in [4.69, 9.17) is 20.9 Å². The van der Waals surface area contributed by atoms with Crippen LogP contribution in [0.3, 0.4) is 0 Å². The average Bonchev–Trinajstić information content (AvgIpc) is 2.29. The number of hydrogen-bond acceptors (Lipinski definition) is 3. The van der Waals surface area contributed by atoms with Crippen LogP contribution in [0.4, 0.5) is 0 Å². The van der Waals surface area contributed by atoms with Crippen molar-refractivity contribution in [3.05, 3.63) is 23.8 Å². The minimum Gasteiger partial charge on any atom is -0.493 e. The van der Waals surface area contributed by atoms with Gasteiger partial charge in [-0.1, -0.05) is 0 Å². The van der Waals surface area contributed by atoms with Crippen LogP contribution in [-0.4, -0.2) is 25.9 Å². The SMILES string of the molecule is CCOc1cc(/C=[NH+]\N=C(N)N)ccc1OC. The zero-order chi connectivity index (χ0) is 12.7. The second kappa shape index (κ2) is 6.37. The Balaban J connectivity index is 2.91. The third-order valence-electron chi connectivity index (χ3n) is 1.91. The lowest BCUT2D eigenvalue weighted by atomic mass is 10.2. The molecule has 5 N–H and O–H groups in total. The molecule has 0 fully saturated rings. The molecule has 0 saturated carbocycles. The van der Waals surface area contributed by atoms with Crippen LogP contribution in [0.25, 0.3) is 0 Å². The summed E-state index contributed by atoms with van der Waals surface area (Å²) >= 11 is 0. The van der Waals surface area contributed by atoms with Crippen LogP contribution >= 0.6 is 0 Å². The summed E-state index contributed by atoms with van der Waals surface area (Å²) in [5.74, 6) is 1.33. The molecule has 0 spiro atoms. The Bertz CT molecular complexity index is 425. The fourth-order valence-electron chi connectivity index (χ4n) is 1.23. The van der Waals surface area contributed by atoms with E-state index in [0.29, 0.717) is 18.1 Å². The largest absolute Gasteiger partial charge is 0.493 e. The maximum atomic E-state index is 5.44. The number of guanidine groups is 1. The van der Waals surface area contributed by atoms with E-state index in [2.05, 4.69) is 10.2 Å². The first-order valence-electron chi connectivity index (χ1n) is 5.15. The molecule has 0 aliphatic rings. The Morgan fingerprint density at radius 3 is 2.76 bits per heavy atom. The molecule has 6 heteroatoms. The number of methoxy groups -OCH3 is 1. The van der Waals surface area contributed by atoms with Gasteiger partial charge in [-0.25, -0.2) is 0 Å². The molecular formula is C11H17N4O2+. The summed E-state index contributed by atoms with van der Waals surface area (Å²) in [6.07, 6.45) is 1.65. The summed E-state index contributed by atoms with van der Waals surface area (Å²) < 4.78 is 10.6. The molecule has 0 aliphatic heterocycles. The first kappa shape index (κ1) is 12.8. The van der Waals surface area contributed by atoms with Crippen molar-refractivity contribution >= 4 is 12.2 Å². The van der Waals surface area contributed by atoms with Crippen molar-refractivity contribution in [2.75, 3.05) is 13.7 Å². The number of benzene rings is 1. The lowest BCUT2D eigenvalue weighted by Crippen LogP contribution is -2.63. The normalized spacial score (nSPS) is 10.2. The molecule has 92 valence electrons. The van der Waals surface area contributed by atoms with Crippen molar-refractivity contribution in [2.45, 2.75) is 6.92 Å². The third kappa shape index (κ3) is 4.02. The van der Waals surface area contributed by atoms with E-state index in [1.165, 1.54) is 0 Å². The molecule has 0 aliphatic carbocycles. The van der Waals surface area contributed by atoms with Gasteiger partial charge < -0.3 is 20.9 Å². The van der Waals surface area contributed by atoms with Crippen molar-refractivity contribution < 1.29 is 14.6 Å². The molecule has 6 nitrogen and oxygen atoms in total. The van der Waals surface area contributed by atoms with E-state index in [1.807, 2.05) is 25.1 Å². The van der Waals surface area contributed by atoms with Crippen LogP contribution in [0.2, 0.25) is 0 Å². The molecule has 0 unspecified atom stereocenters. The highest BCUT2D eigenvalue weighted by Gasteiger charge is 2.05. The first-order valence-corrected chi connectivity index (χ1v) is 5.15. The van der Waals surface area contributed by atoms with E-state index >= 15 is 0 Å².